The molecule has 0 atom stereocenters. The second kappa shape index (κ2) is 6.39. The summed E-state index contributed by atoms with van der Waals surface area (Å²) in [4.78, 5) is 4.57. The van der Waals surface area contributed by atoms with Crippen LogP contribution in [0.2, 0.25) is 0 Å². The van der Waals surface area contributed by atoms with Crippen LogP contribution in [0.25, 0.3) is 6.08 Å². The minimum absolute atomic E-state index is 0.321. The number of ether oxygens (including phenoxy) is 1. The molecule has 1 aromatic heterocycles. The van der Waals surface area contributed by atoms with E-state index in [1.165, 1.54) is 11.1 Å². The van der Waals surface area contributed by atoms with Crippen molar-refractivity contribution >= 4 is 6.08 Å². The van der Waals surface area contributed by atoms with Gasteiger partial charge in [0.25, 0.3) is 0 Å². The van der Waals surface area contributed by atoms with Crippen LogP contribution in [0.5, 0.6) is 5.75 Å². The molecule has 0 unspecified atom stereocenters. The molecule has 22 heavy (non-hydrogen) atoms. The van der Waals surface area contributed by atoms with Gasteiger partial charge in [0.05, 0.1) is 12.3 Å². The first-order valence-corrected chi connectivity index (χ1v) is 8.02. The van der Waals surface area contributed by atoms with E-state index < -0.39 is 0 Å². The number of benzene rings is 1. The standard InChI is InChI=1S/C19H23NO2/c1-13(2)19-20-17(14(3)22-19)11-12-21-18-10-6-8-15-7-4-5-9-16(15)18/h4,6-8,10,13H,5,9,11-12H2,1-3H3. The van der Waals surface area contributed by atoms with Crippen molar-refractivity contribution < 1.29 is 9.15 Å². The van der Waals surface area contributed by atoms with Gasteiger partial charge in [-0.2, -0.15) is 0 Å². The Morgan fingerprint density at radius 1 is 1.32 bits per heavy atom. The van der Waals surface area contributed by atoms with Crippen LogP contribution >= 0.6 is 0 Å². The molecular formula is C19H23NO2. The number of rotatable bonds is 5. The van der Waals surface area contributed by atoms with Crippen LogP contribution in [0, 0.1) is 6.92 Å². The van der Waals surface area contributed by atoms with Gasteiger partial charge in [0, 0.05) is 17.9 Å². The molecule has 0 fully saturated rings. The summed E-state index contributed by atoms with van der Waals surface area (Å²) in [7, 11) is 0. The van der Waals surface area contributed by atoms with Crippen LogP contribution in [0.3, 0.4) is 0 Å². The highest BCUT2D eigenvalue weighted by atomic mass is 16.5. The first-order valence-electron chi connectivity index (χ1n) is 8.02. The van der Waals surface area contributed by atoms with Crippen molar-refractivity contribution in [1.82, 2.24) is 4.98 Å². The molecular weight excluding hydrogens is 274 g/mol. The summed E-state index contributed by atoms with van der Waals surface area (Å²) >= 11 is 0. The van der Waals surface area contributed by atoms with Gasteiger partial charge in [-0.1, -0.05) is 38.1 Å². The summed E-state index contributed by atoms with van der Waals surface area (Å²) in [5, 5.41) is 0. The van der Waals surface area contributed by atoms with Crippen LogP contribution in [-0.2, 0) is 12.8 Å². The summed E-state index contributed by atoms with van der Waals surface area (Å²) in [5.41, 5.74) is 3.61. The number of hydrogen-bond acceptors (Lipinski definition) is 3. The van der Waals surface area contributed by atoms with Crippen LogP contribution in [-0.4, -0.2) is 11.6 Å². The zero-order chi connectivity index (χ0) is 15.5. The normalized spacial score (nSPS) is 13.5. The van der Waals surface area contributed by atoms with E-state index in [4.69, 9.17) is 9.15 Å². The number of allylic oxidation sites excluding steroid dienone is 1. The quantitative estimate of drug-likeness (QED) is 0.803. The van der Waals surface area contributed by atoms with E-state index in [0.717, 1.165) is 42.4 Å². The fourth-order valence-corrected chi connectivity index (χ4v) is 2.77. The molecule has 0 aliphatic heterocycles. The Bertz CT molecular complexity index is 683. The largest absolute Gasteiger partial charge is 0.493 e. The number of hydrogen-bond donors (Lipinski definition) is 0. The molecule has 0 radical (unpaired) electrons. The van der Waals surface area contributed by atoms with Crippen molar-refractivity contribution in [1.29, 1.82) is 0 Å². The van der Waals surface area contributed by atoms with Crippen molar-refractivity contribution in [2.24, 2.45) is 0 Å². The van der Waals surface area contributed by atoms with Gasteiger partial charge in [-0.25, -0.2) is 4.98 Å². The SMILES string of the molecule is Cc1oc(C(C)C)nc1CCOc1cccc2c1CCC=C2. The highest BCUT2D eigenvalue weighted by molar-refractivity contribution is 5.60. The minimum Gasteiger partial charge on any atom is -0.493 e. The fourth-order valence-electron chi connectivity index (χ4n) is 2.77. The highest BCUT2D eigenvalue weighted by Gasteiger charge is 2.14. The molecule has 0 spiro atoms. The monoisotopic (exact) mass is 297 g/mol. The highest BCUT2D eigenvalue weighted by Crippen LogP contribution is 2.28. The molecule has 116 valence electrons. The zero-order valence-corrected chi connectivity index (χ0v) is 13.6. The maximum Gasteiger partial charge on any atom is 0.197 e. The lowest BCUT2D eigenvalue weighted by molar-refractivity contribution is 0.316. The molecule has 3 nitrogen and oxygen atoms in total. The van der Waals surface area contributed by atoms with Gasteiger partial charge in [-0.05, 0) is 31.4 Å². The van der Waals surface area contributed by atoms with Gasteiger partial charge in [-0.3, -0.25) is 0 Å². The van der Waals surface area contributed by atoms with E-state index in [9.17, 15) is 0 Å². The molecule has 1 heterocycles. The summed E-state index contributed by atoms with van der Waals surface area (Å²) in [5.74, 6) is 3.05. The van der Waals surface area contributed by atoms with E-state index in [2.05, 4.69) is 49.2 Å². The Morgan fingerprint density at radius 3 is 2.95 bits per heavy atom. The Morgan fingerprint density at radius 2 is 2.18 bits per heavy atom. The molecule has 1 aliphatic rings. The molecule has 0 N–H and O–H groups in total. The Kier molecular flexibility index (Phi) is 4.32. The number of oxazole rings is 1. The molecule has 0 bridgehead atoms. The summed E-state index contributed by atoms with van der Waals surface area (Å²) in [6.45, 7) is 6.79. The van der Waals surface area contributed by atoms with Gasteiger partial charge >= 0.3 is 0 Å². The van der Waals surface area contributed by atoms with E-state index in [0.29, 0.717) is 12.5 Å². The lowest BCUT2D eigenvalue weighted by atomic mass is 9.97. The minimum atomic E-state index is 0.321. The summed E-state index contributed by atoms with van der Waals surface area (Å²) in [6, 6.07) is 6.27. The smallest absolute Gasteiger partial charge is 0.197 e. The third kappa shape index (κ3) is 3.08. The average molecular weight is 297 g/mol. The van der Waals surface area contributed by atoms with Crippen molar-refractivity contribution in [2.45, 2.75) is 46.0 Å². The number of aromatic nitrogens is 1. The fraction of sp³-hybridized carbons (Fsp3) is 0.421. The molecule has 0 saturated carbocycles. The van der Waals surface area contributed by atoms with E-state index in [-0.39, 0.29) is 0 Å². The predicted octanol–water partition coefficient (Wildman–Crippen LogP) is 4.69. The molecule has 2 aromatic rings. The number of fused-ring (bicyclic) bond motifs is 1. The Labute approximate surface area is 132 Å². The molecule has 3 heteroatoms. The van der Waals surface area contributed by atoms with Gasteiger partial charge < -0.3 is 9.15 Å². The van der Waals surface area contributed by atoms with Crippen LogP contribution in [0.1, 0.15) is 54.7 Å². The maximum atomic E-state index is 6.02. The third-order valence-electron chi connectivity index (χ3n) is 4.03. The van der Waals surface area contributed by atoms with Crippen molar-refractivity contribution in [2.75, 3.05) is 6.61 Å². The summed E-state index contributed by atoms with van der Waals surface area (Å²) in [6.07, 6.45) is 7.33. The van der Waals surface area contributed by atoms with Crippen LogP contribution in [0.15, 0.2) is 28.7 Å². The Balaban J connectivity index is 1.66. The zero-order valence-electron chi connectivity index (χ0n) is 13.6. The molecule has 1 aliphatic carbocycles. The lowest BCUT2D eigenvalue weighted by Gasteiger charge is -2.15. The van der Waals surface area contributed by atoms with Gasteiger partial charge in [0.15, 0.2) is 5.89 Å². The number of aryl methyl sites for hydroxylation is 1. The topological polar surface area (TPSA) is 35.3 Å². The lowest BCUT2D eigenvalue weighted by Crippen LogP contribution is -2.06. The maximum absolute atomic E-state index is 6.02. The van der Waals surface area contributed by atoms with E-state index in [1.807, 2.05) is 6.92 Å². The van der Waals surface area contributed by atoms with Crippen LogP contribution < -0.4 is 4.74 Å². The second-order valence-corrected chi connectivity index (χ2v) is 6.07. The first-order chi connectivity index (χ1) is 10.6. The third-order valence-corrected chi connectivity index (χ3v) is 4.03. The average Bonchev–Trinajstić information content (AvgIpc) is 2.89. The second-order valence-electron chi connectivity index (χ2n) is 6.07. The molecule has 3 rings (SSSR count). The molecule has 0 saturated heterocycles. The Hall–Kier alpha value is -2.03. The molecule has 1 aromatic carbocycles. The van der Waals surface area contributed by atoms with Crippen LogP contribution in [0.4, 0.5) is 0 Å². The van der Waals surface area contributed by atoms with E-state index in [1.54, 1.807) is 0 Å². The van der Waals surface area contributed by atoms with Crippen molar-refractivity contribution in [3.8, 4) is 5.75 Å². The van der Waals surface area contributed by atoms with Crippen molar-refractivity contribution in [3.05, 3.63) is 52.7 Å². The first kappa shape index (κ1) is 14.9. The summed E-state index contributed by atoms with van der Waals surface area (Å²) < 4.78 is 11.7. The molecule has 0 amide bonds. The number of nitrogens with zero attached hydrogens (tertiary/aromatic N) is 1. The van der Waals surface area contributed by atoms with Gasteiger partial charge in [0.2, 0.25) is 0 Å². The predicted molar refractivity (Wildman–Crippen MR) is 88.3 cm³/mol. The van der Waals surface area contributed by atoms with Gasteiger partial charge in [-0.15, -0.1) is 0 Å². The van der Waals surface area contributed by atoms with Gasteiger partial charge in [0.1, 0.15) is 11.5 Å². The van der Waals surface area contributed by atoms with E-state index >= 15 is 0 Å². The van der Waals surface area contributed by atoms with Crippen molar-refractivity contribution in [3.63, 3.8) is 0 Å².